The second kappa shape index (κ2) is 7.80. The number of anilines is 1. The number of carboxylic acids is 1. The third-order valence-electron chi connectivity index (χ3n) is 5.43. The summed E-state index contributed by atoms with van der Waals surface area (Å²) in [5.41, 5.74) is 2.68. The van der Waals surface area contributed by atoms with Gasteiger partial charge in [-0.05, 0) is 60.7 Å². The van der Waals surface area contributed by atoms with Gasteiger partial charge in [0.1, 0.15) is 5.82 Å². The third-order valence-corrected chi connectivity index (χ3v) is 5.43. The fourth-order valence-electron chi connectivity index (χ4n) is 3.99. The number of carbonyl (C=O) groups is 2. The lowest BCUT2D eigenvalue weighted by Crippen LogP contribution is -2.17. The van der Waals surface area contributed by atoms with Crippen molar-refractivity contribution in [1.82, 2.24) is 4.98 Å². The predicted octanol–water partition coefficient (Wildman–Crippen LogP) is 5.23. The van der Waals surface area contributed by atoms with Crippen molar-refractivity contribution in [3.8, 4) is 0 Å². The molecule has 5 nitrogen and oxygen atoms in total. The van der Waals surface area contributed by atoms with Crippen LogP contribution in [0, 0.1) is 0 Å². The van der Waals surface area contributed by atoms with E-state index in [0.29, 0.717) is 22.8 Å². The minimum atomic E-state index is -0.974. The highest BCUT2D eigenvalue weighted by molar-refractivity contribution is 6.05. The summed E-state index contributed by atoms with van der Waals surface area (Å²) in [7, 11) is 0. The number of hydrogen-bond acceptors (Lipinski definition) is 3. The molecule has 28 heavy (non-hydrogen) atoms. The van der Waals surface area contributed by atoms with Gasteiger partial charge in [-0.25, -0.2) is 9.78 Å². The van der Waals surface area contributed by atoms with Gasteiger partial charge in [-0.2, -0.15) is 0 Å². The Bertz CT molecular complexity index is 1040. The number of rotatable bonds is 4. The van der Waals surface area contributed by atoms with Crippen molar-refractivity contribution in [3.05, 3.63) is 71.3 Å². The van der Waals surface area contributed by atoms with Crippen molar-refractivity contribution in [2.24, 2.45) is 0 Å². The summed E-state index contributed by atoms with van der Waals surface area (Å²) in [5.74, 6) is -0.234. The molecule has 0 spiro atoms. The quantitative estimate of drug-likeness (QED) is 0.655. The number of nitrogens with one attached hydrogen (secondary N) is 1. The second-order valence-corrected chi connectivity index (χ2v) is 7.29. The van der Waals surface area contributed by atoms with Gasteiger partial charge in [0.25, 0.3) is 5.91 Å². The van der Waals surface area contributed by atoms with Gasteiger partial charge in [0.05, 0.1) is 11.1 Å². The summed E-state index contributed by atoms with van der Waals surface area (Å²) in [5, 5.41) is 12.7. The van der Waals surface area contributed by atoms with Crippen LogP contribution in [-0.2, 0) is 0 Å². The highest BCUT2D eigenvalue weighted by Crippen LogP contribution is 2.34. The lowest BCUT2D eigenvalue weighted by molar-refractivity contribution is 0.0697. The van der Waals surface area contributed by atoms with Crippen LogP contribution >= 0.6 is 0 Å². The van der Waals surface area contributed by atoms with Crippen molar-refractivity contribution in [3.63, 3.8) is 0 Å². The van der Waals surface area contributed by atoms with E-state index in [4.69, 9.17) is 5.11 Å². The van der Waals surface area contributed by atoms with E-state index in [9.17, 15) is 9.59 Å². The third kappa shape index (κ3) is 3.74. The zero-order valence-corrected chi connectivity index (χ0v) is 15.5. The molecule has 0 aliphatic heterocycles. The van der Waals surface area contributed by atoms with Gasteiger partial charge in [0, 0.05) is 10.9 Å². The molecule has 2 N–H and O–H groups in total. The van der Waals surface area contributed by atoms with E-state index in [1.54, 1.807) is 24.3 Å². The van der Waals surface area contributed by atoms with Gasteiger partial charge < -0.3 is 10.4 Å². The highest BCUT2D eigenvalue weighted by Gasteiger charge is 2.21. The van der Waals surface area contributed by atoms with E-state index in [0.717, 1.165) is 23.8 Å². The first kappa shape index (κ1) is 18.2. The van der Waals surface area contributed by atoms with Crippen molar-refractivity contribution in [2.45, 2.75) is 38.0 Å². The largest absolute Gasteiger partial charge is 0.478 e. The van der Waals surface area contributed by atoms with Crippen molar-refractivity contribution >= 4 is 28.6 Å². The van der Waals surface area contributed by atoms with E-state index < -0.39 is 5.97 Å². The minimum Gasteiger partial charge on any atom is -0.478 e. The molecule has 0 unspecified atom stereocenters. The molecule has 0 radical (unpaired) electrons. The van der Waals surface area contributed by atoms with E-state index in [-0.39, 0.29) is 11.5 Å². The number of aromatic nitrogens is 1. The molecule has 1 aliphatic carbocycles. The minimum absolute atomic E-state index is 0.157. The lowest BCUT2D eigenvalue weighted by atomic mass is 9.82. The summed E-state index contributed by atoms with van der Waals surface area (Å²) in [6.07, 6.45) is 5.96. The Hall–Kier alpha value is -3.21. The second-order valence-electron chi connectivity index (χ2n) is 7.29. The molecule has 142 valence electrons. The molecular formula is C23H22N2O3. The Morgan fingerprint density at radius 2 is 1.75 bits per heavy atom. The number of aromatic carboxylic acids is 1. The van der Waals surface area contributed by atoms with E-state index in [1.807, 2.05) is 18.2 Å². The number of fused-ring (bicyclic) bond motifs is 1. The number of nitrogens with zero attached hydrogens (tertiary/aromatic N) is 1. The van der Waals surface area contributed by atoms with Gasteiger partial charge in [-0.3, -0.25) is 4.79 Å². The van der Waals surface area contributed by atoms with Gasteiger partial charge in [0.2, 0.25) is 0 Å². The first-order valence-corrected chi connectivity index (χ1v) is 9.66. The van der Waals surface area contributed by atoms with Gasteiger partial charge in [0.15, 0.2) is 0 Å². The molecule has 1 saturated carbocycles. The maximum Gasteiger partial charge on any atom is 0.335 e. The van der Waals surface area contributed by atoms with Crippen molar-refractivity contribution in [2.75, 3.05) is 5.32 Å². The topological polar surface area (TPSA) is 79.3 Å². The molecule has 0 saturated heterocycles. The van der Waals surface area contributed by atoms with Crippen molar-refractivity contribution in [1.29, 1.82) is 0 Å². The number of hydrogen-bond donors (Lipinski definition) is 2. The van der Waals surface area contributed by atoms with Crippen LogP contribution in [-0.4, -0.2) is 22.0 Å². The summed E-state index contributed by atoms with van der Waals surface area (Å²) < 4.78 is 0. The number of pyridine rings is 1. The average molecular weight is 374 g/mol. The first-order valence-electron chi connectivity index (χ1n) is 9.66. The molecule has 4 rings (SSSR count). The molecule has 3 aromatic rings. The SMILES string of the molecule is O=C(O)c1ccc2nc(NC(=O)c3ccccc3C3CCCCC3)ccc2c1. The average Bonchev–Trinajstić information content (AvgIpc) is 2.74. The van der Waals surface area contributed by atoms with Crippen LogP contribution in [0.4, 0.5) is 5.82 Å². The normalized spacial score (nSPS) is 14.7. The molecule has 0 atom stereocenters. The van der Waals surface area contributed by atoms with Gasteiger partial charge in [-0.1, -0.05) is 37.5 Å². The van der Waals surface area contributed by atoms with E-state index in [1.165, 1.54) is 25.3 Å². The Kier molecular flexibility index (Phi) is 5.06. The van der Waals surface area contributed by atoms with Crippen LogP contribution in [0.25, 0.3) is 10.9 Å². The number of carboxylic acid groups (broad SMARTS) is 1. The molecule has 0 bridgehead atoms. The summed E-state index contributed by atoms with van der Waals surface area (Å²) >= 11 is 0. The van der Waals surface area contributed by atoms with Crippen LogP contribution in [0.3, 0.4) is 0 Å². The maximum atomic E-state index is 12.9. The fraction of sp³-hybridized carbons (Fsp3) is 0.261. The van der Waals surface area contributed by atoms with Crippen LogP contribution in [0.2, 0.25) is 0 Å². The highest BCUT2D eigenvalue weighted by atomic mass is 16.4. The van der Waals surface area contributed by atoms with Gasteiger partial charge in [-0.15, -0.1) is 0 Å². The molecule has 5 heteroatoms. The molecule has 1 aromatic heterocycles. The Morgan fingerprint density at radius 3 is 2.54 bits per heavy atom. The summed E-state index contributed by atoms with van der Waals surface area (Å²) in [6, 6.07) is 16.1. The Labute approximate surface area is 163 Å². The molecule has 1 heterocycles. The van der Waals surface area contributed by atoms with Gasteiger partial charge >= 0.3 is 5.97 Å². The Morgan fingerprint density at radius 1 is 0.964 bits per heavy atom. The van der Waals surface area contributed by atoms with Crippen LogP contribution in [0.5, 0.6) is 0 Å². The Balaban J connectivity index is 1.58. The number of amides is 1. The molecular weight excluding hydrogens is 352 g/mol. The molecule has 2 aromatic carbocycles. The molecule has 1 aliphatic rings. The smallest absolute Gasteiger partial charge is 0.335 e. The fourth-order valence-corrected chi connectivity index (χ4v) is 3.99. The number of benzene rings is 2. The summed E-state index contributed by atoms with van der Waals surface area (Å²) in [4.78, 5) is 28.5. The standard InChI is InChI=1S/C23H22N2O3/c26-22(19-9-5-4-8-18(19)15-6-2-1-3-7-15)25-21-13-11-16-14-17(23(27)28)10-12-20(16)24-21/h4-5,8-15H,1-3,6-7H2,(H,27,28)(H,24,25,26). The summed E-state index contributed by atoms with van der Waals surface area (Å²) in [6.45, 7) is 0. The predicted molar refractivity (Wildman–Crippen MR) is 109 cm³/mol. The zero-order valence-electron chi connectivity index (χ0n) is 15.5. The van der Waals surface area contributed by atoms with Crippen LogP contribution < -0.4 is 5.32 Å². The number of carbonyl (C=O) groups excluding carboxylic acids is 1. The molecule has 1 amide bonds. The molecule has 1 fully saturated rings. The zero-order chi connectivity index (χ0) is 19.5. The lowest BCUT2D eigenvalue weighted by Gasteiger charge is -2.24. The van der Waals surface area contributed by atoms with E-state index in [2.05, 4.69) is 16.4 Å². The van der Waals surface area contributed by atoms with E-state index >= 15 is 0 Å². The monoisotopic (exact) mass is 374 g/mol. The first-order chi connectivity index (χ1) is 13.6. The maximum absolute atomic E-state index is 12.9. The van der Waals surface area contributed by atoms with Crippen LogP contribution in [0.15, 0.2) is 54.6 Å². The van der Waals surface area contributed by atoms with Crippen LogP contribution in [0.1, 0.15) is 64.3 Å². The van der Waals surface area contributed by atoms with Crippen molar-refractivity contribution < 1.29 is 14.7 Å².